The van der Waals surface area contributed by atoms with Crippen LogP contribution in [0.2, 0.25) is 0 Å². The van der Waals surface area contributed by atoms with Gasteiger partial charge in [-0.05, 0) is 66.5 Å². The van der Waals surface area contributed by atoms with Gasteiger partial charge in [-0.3, -0.25) is 0 Å². The molecule has 4 fully saturated rings. The Morgan fingerprint density at radius 2 is 0.955 bits per heavy atom. The summed E-state index contributed by atoms with van der Waals surface area (Å²) >= 11 is 0. The number of methoxy groups -OCH3 is 2. The lowest BCUT2D eigenvalue weighted by atomic mass is 10.00. The Bertz CT molecular complexity index is 769. The van der Waals surface area contributed by atoms with Gasteiger partial charge in [0.2, 0.25) is 0 Å². The molecule has 0 amide bonds. The summed E-state index contributed by atoms with van der Waals surface area (Å²) in [5.74, 6) is -1.36. The van der Waals surface area contributed by atoms with Crippen molar-refractivity contribution in [2.45, 2.75) is 165 Å². The third kappa shape index (κ3) is 9.54. The van der Waals surface area contributed by atoms with Crippen molar-refractivity contribution in [1.29, 1.82) is 0 Å². The number of rotatable bonds is 21. The Balaban J connectivity index is 1.04. The van der Waals surface area contributed by atoms with Gasteiger partial charge in [-0.1, -0.05) is 38.5 Å². The van der Waals surface area contributed by atoms with Crippen LogP contribution in [0.15, 0.2) is 0 Å². The SMILES string of the molecule is COC1C([C@H](CCO)NCCCCCCCCCCN[C@H](CCO)C2O[C@@H]3OC(C)(C)O[C@@H]3[C@H]2OC)O[C@@H]2OC(C)(C)O[C@H]12. The fourth-order valence-electron chi connectivity index (χ4n) is 7.12. The zero-order valence-corrected chi connectivity index (χ0v) is 27.8. The van der Waals surface area contributed by atoms with Crippen LogP contribution in [0.1, 0.15) is 91.9 Å². The normalized spacial score (nSPS) is 35.2. The molecular formula is C32H60N2O10. The summed E-state index contributed by atoms with van der Waals surface area (Å²) in [5, 5.41) is 26.5. The van der Waals surface area contributed by atoms with Crippen LogP contribution >= 0.6 is 0 Å². The summed E-state index contributed by atoms with van der Waals surface area (Å²) in [6.45, 7) is 9.44. The van der Waals surface area contributed by atoms with E-state index in [1.165, 1.54) is 38.5 Å². The van der Waals surface area contributed by atoms with Crippen LogP contribution in [0.3, 0.4) is 0 Å². The molecule has 12 heteroatoms. The summed E-state index contributed by atoms with van der Waals surface area (Å²) < 4.78 is 47.7. The van der Waals surface area contributed by atoms with Crippen LogP contribution < -0.4 is 10.6 Å². The van der Waals surface area contributed by atoms with Gasteiger partial charge in [-0.15, -0.1) is 0 Å². The van der Waals surface area contributed by atoms with E-state index < -0.39 is 24.2 Å². The van der Waals surface area contributed by atoms with Crippen molar-refractivity contribution < 1.29 is 48.1 Å². The zero-order chi connectivity index (χ0) is 31.7. The number of fused-ring (bicyclic) bond motifs is 2. The summed E-state index contributed by atoms with van der Waals surface area (Å²) in [4.78, 5) is 0. The predicted molar refractivity (Wildman–Crippen MR) is 163 cm³/mol. The van der Waals surface area contributed by atoms with Crippen molar-refractivity contribution in [2.24, 2.45) is 0 Å². The second-order valence-electron chi connectivity index (χ2n) is 13.5. The second kappa shape index (κ2) is 17.1. The van der Waals surface area contributed by atoms with Gasteiger partial charge in [0.15, 0.2) is 24.2 Å². The van der Waals surface area contributed by atoms with Gasteiger partial charge >= 0.3 is 0 Å². The number of ether oxygens (including phenoxy) is 8. The number of hydrogen-bond acceptors (Lipinski definition) is 12. The minimum Gasteiger partial charge on any atom is -0.396 e. The van der Waals surface area contributed by atoms with E-state index in [4.69, 9.17) is 37.9 Å². The maximum atomic E-state index is 9.65. The Morgan fingerprint density at radius 1 is 0.591 bits per heavy atom. The molecule has 10 atom stereocenters. The highest BCUT2D eigenvalue weighted by Gasteiger charge is 2.57. The first-order valence-electron chi connectivity index (χ1n) is 16.9. The summed E-state index contributed by atoms with van der Waals surface area (Å²) in [6.07, 6.45) is 8.23. The molecule has 0 aromatic rings. The van der Waals surface area contributed by atoms with E-state index in [1.807, 2.05) is 27.7 Å². The van der Waals surface area contributed by atoms with E-state index in [9.17, 15) is 10.2 Å². The van der Waals surface area contributed by atoms with Gasteiger partial charge in [-0.2, -0.15) is 0 Å². The Kier molecular flexibility index (Phi) is 14.1. The molecule has 4 aliphatic heterocycles. The van der Waals surface area contributed by atoms with E-state index in [0.717, 1.165) is 25.9 Å². The lowest BCUT2D eigenvalue weighted by molar-refractivity contribution is -0.220. The molecular weight excluding hydrogens is 572 g/mol. The molecule has 4 rings (SSSR count). The van der Waals surface area contributed by atoms with Crippen LogP contribution in [0.5, 0.6) is 0 Å². The lowest BCUT2D eigenvalue weighted by Crippen LogP contribution is -2.49. The van der Waals surface area contributed by atoms with Crippen LogP contribution in [0.4, 0.5) is 0 Å². The lowest BCUT2D eigenvalue weighted by Gasteiger charge is -2.30. The van der Waals surface area contributed by atoms with Gasteiger partial charge in [-0.25, -0.2) is 0 Å². The first-order valence-corrected chi connectivity index (χ1v) is 16.9. The van der Waals surface area contributed by atoms with Crippen LogP contribution in [-0.4, -0.2) is 124 Å². The minimum atomic E-state index is -0.681. The van der Waals surface area contributed by atoms with E-state index in [0.29, 0.717) is 12.8 Å². The molecule has 0 aromatic carbocycles. The third-order valence-electron chi connectivity index (χ3n) is 9.19. The van der Waals surface area contributed by atoms with Gasteiger partial charge in [0.1, 0.15) is 36.6 Å². The molecule has 4 N–H and O–H groups in total. The van der Waals surface area contributed by atoms with E-state index in [2.05, 4.69) is 10.6 Å². The van der Waals surface area contributed by atoms with Crippen molar-refractivity contribution in [3.8, 4) is 0 Å². The summed E-state index contributed by atoms with van der Waals surface area (Å²) in [5.41, 5.74) is 0. The van der Waals surface area contributed by atoms with E-state index in [1.54, 1.807) is 14.2 Å². The Morgan fingerprint density at radius 3 is 1.30 bits per heavy atom. The molecule has 3 unspecified atom stereocenters. The molecule has 44 heavy (non-hydrogen) atoms. The van der Waals surface area contributed by atoms with E-state index >= 15 is 0 Å². The number of aliphatic hydroxyl groups excluding tert-OH is 2. The average molecular weight is 633 g/mol. The van der Waals surface area contributed by atoms with Crippen molar-refractivity contribution in [3.05, 3.63) is 0 Å². The predicted octanol–water partition coefficient (Wildman–Crippen LogP) is 2.57. The topological polar surface area (TPSA) is 138 Å². The molecule has 0 bridgehead atoms. The van der Waals surface area contributed by atoms with Gasteiger partial charge < -0.3 is 58.7 Å². The Hall–Kier alpha value is -0.480. The van der Waals surface area contributed by atoms with Crippen LogP contribution in [0.25, 0.3) is 0 Å². The smallest absolute Gasteiger partial charge is 0.190 e. The van der Waals surface area contributed by atoms with Crippen LogP contribution in [0, 0.1) is 0 Å². The van der Waals surface area contributed by atoms with Crippen LogP contribution in [-0.2, 0) is 37.9 Å². The maximum absolute atomic E-state index is 9.65. The molecule has 4 aliphatic rings. The largest absolute Gasteiger partial charge is 0.396 e. The number of aliphatic hydroxyl groups is 2. The fourth-order valence-corrected chi connectivity index (χ4v) is 7.12. The number of hydrogen-bond donors (Lipinski definition) is 4. The second-order valence-corrected chi connectivity index (χ2v) is 13.5. The maximum Gasteiger partial charge on any atom is 0.190 e. The molecule has 0 saturated carbocycles. The summed E-state index contributed by atoms with van der Waals surface area (Å²) in [6, 6.07) is -0.0453. The molecule has 4 heterocycles. The van der Waals surface area contributed by atoms with Crippen molar-refractivity contribution in [3.63, 3.8) is 0 Å². The van der Waals surface area contributed by atoms with Gasteiger partial charge in [0.05, 0.1) is 0 Å². The third-order valence-corrected chi connectivity index (χ3v) is 9.19. The zero-order valence-electron chi connectivity index (χ0n) is 27.8. The highest BCUT2D eigenvalue weighted by molar-refractivity contribution is 5.00. The van der Waals surface area contributed by atoms with E-state index in [-0.39, 0.29) is 61.9 Å². The molecule has 0 spiro atoms. The first kappa shape index (κ1) is 36.4. The average Bonchev–Trinajstić information content (AvgIpc) is 3.65. The highest BCUT2D eigenvalue weighted by Crippen LogP contribution is 2.41. The molecule has 0 aliphatic carbocycles. The quantitative estimate of drug-likeness (QED) is 0.138. The molecule has 0 aromatic heterocycles. The van der Waals surface area contributed by atoms with Gasteiger partial charge in [0, 0.05) is 39.5 Å². The molecule has 4 saturated heterocycles. The van der Waals surface area contributed by atoms with Crippen molar-refractivity contribution in [2.75, 3.05) is 40.5 Å². The molecule has 12 nitrogen and oxygen atoms in total. The number of unbranched alkanes of at least 4 members (excludes halogenated alkanes) is 7. The van der Waals surface area contributed by atoms with Crippen molar-refractivity contribution in [1.82, 2.24) is 10.6 Å². The van der Waals surface area contributed by atoms with Crippen molar-refractivity contribution >= 4 is 0 Å². The summed E-state index contributed by atoms with van der Waals surface area (Å²) in [7, 11) is 3.36. The van der Waals surface area contributed by atoms with Gasteiger partial charge in [0.25, 0.3) is 0 Å². The Labute approximate surface area is 264 Å². The first-order chi connectivity index (χ1) is 21.1. The molecule has 0 radical (unpaired) electrons. The number of nitrogens with one attached hydrogen (secondary N) is 2. The minimum absolute atomic E-state index is 0.0227. The highest BCUT2D eigenvalue weighted by atomic mass is 16.9. The fraction of sp³-hybridized carbons (Fsp3) is 1.00. The monoisotopic (exact) mass is 632 g/mol. The standard InChI is InChI=1S/C32H60N2O10/c1-31(2)41-27-25(37-5)23(39-29(27)43-31)21(15-19-35)33-17-13-11-9-7-8-10-12-14-18-34-22(16-20-36)24-26(38-6)28-30(40-24)44-32(3,4)42-28/h21-30,33-36H,7-20H2,1-6H3/t21-,22+,23?,24?,25+,26?,27-,28-,29-,30-/m1/s1. The molecule has 258 valence electrons.